The van der Waals surface area contributed by atoms with E-state index in [4.69, 9.17) is 4.74 Å². The zero-order valence-corrected chi connectivity index (χ0v) is 8.03. The molecule has 0 unspecified atom stereocenters. The third-order valence-corrected chi connectivity index (χ3v) is 1.58. The number of rotatable bonds is 3. The number of carbonyl (C=O) groups excluding carboxylic acids is 1. The van der Waals surface area contributed by atoms with Crippen molar-refractivity contribution in [3.8, 4) is 5.75 Å². The molecule has 0 radical (unpaired) electrons. The van der Waals surface area contributed by atoms with Crippen molar-refractivity contribution in [1.29, 1.82) is 0 Å². The fraction of sp³-hybridized carbons (Fsp3) is 0.182. The van der Waals surface area contributed by atoms with Crippen molar-refractivity contribution in [2.75, 3.05) is 6.61 Å². The molecule has 74 valence electrons. The maximum Gasteiger partial charge on any atom is 0.513 e. The fourth-order valence-corrected chi connectivity index (χ4v) is 0.915. The lowest BCUT2D eigenvalue weighted by Crippen LogP contribution is -2.09. The van der Waals surface area contributed by atoms with Crippen molar-refractivity contribution in [2.24, 2.45) is 0 Å². The molecular weight excluding hydrogens is 180 g/mol. The second-order valence-corrected chi connectivity index (χ2v) is 2.56. The number of benzene rings is 1. The van der Waals surface area contributed by atoms with Crippen LogP contribution in [-0.4, -0.2) is 12.8 Å². The molecule has 0 aliphatic heterocycles. The number of hydrogen-bond donors (Lipinski definition) is 0. The number of ether oxygens (including phenoxy) is 2. The minimum atomic E-state index is -0.682. The molecule has 0 saturated heterocycles. The van der Waals surface area contributed by atoms with Crippen LogP contribution >= 0.6 is 0 Å². The predicted molar refractivity (Wildman–Crippen MR) is 54.2 cm³/mol. The van der Waals surface area contributed by atoms with E-state index in [1.54, 1.807) is 25.1 Å². The van der Waals surface area contributed by atoms with Gasteiger partial charge >= 0.3 is 6.16 Å². The maximum atomic E-state index is 10.9. The number of carbonyl (C=O) groups is 1. The Bertz CT molecular complexity index is 314. The van der Waals surface area contributed by atoms with E-state index in [2.05, 4.69) is 11.3 Å². The van der Waals surface area contributed by atoms with Crippen LogP contribution in [0.2, 0.25) is 0 Å². The molecular formula is C11H12O3. The Morgan fingerprint density at radius 2 is 2.07 bits per heavy atom. The number of hydrogen-bond acceptors (Lipinski definition) is 3. The van der Waals surface area contributed by atoms with E-state index in [-0.39, 0.29) is 0 Å². The van der Waals surface area contributed by atoms with Gasteiger partial charge < -0.3 is 9.47 Å². The van der Waals surface area contributed by atoms with E-state index < -0.39 is 6.16 Å². The summed E-state index contributed by atoms with van der Waals surface area (Å²) in [7, 11) is 0. The molecule has 0 amide bonds. The Hall–Kier alpha value is -1.77. The molecule has 0 aliphatic carbocycles. The zero-order chi connectivity index (χ0) is 10.4. The van der Waals surface area contributed by atoms with Crippen molar-refractivity contribution >= 4 is 12.2 Å². The second-order valence-electron chi connectivity index (χ2n) is 2.56. The van der Waals surface area contributed by atoms with Crippen LogP contribution < -0.4 is 4.74 Å². The first-order chi connectivity index (χ1) is 6.76. The predicted octanol–water partition coefficient (Wildman–Crippen LogP) is 2.86. The molecule has 0 atom stereocenters. The van der Waals surface area contributed by atoms with E-state index >= 15 is 0 Å². The lowest BCUT2D eigenvalue weighted by Gasteiger charge is -2.03. The van der Waals surface area contributed by atoms with Gasteiger partial charge in [0.2, 0.25) is 0 Å². The Morgan fingerprint density at radius 3 is 2.57 bits per heavy atom. The monoisotopic (exact) mass is 192 g/mol. The van der Waals surface area contributed by atoms with Crippen molar-refractivity contribution in [3.63, 3.8) is 0 Å². The maximum absolute atomic E-state index is 10.9. The summed E-state index contributed by atoms with van der Waals surface area (Å²) < 4.78 is 9.48. The van der Waals surface area contributed by atoms with Crippen molar-refractivity contribution in [3.05, 3.63) is 36.4 Å². The zero-order valence-electron chi connectivity index (χ0n) is 8.03. The van der Waals surface area contributed by atoms with E-state index in [1.165, 1.54) is 0 Å². The summed E-state index contributed by atoms with van der Waals surface area (Å²) in [6.07, 6.45) is 1.03. The second kappa shape index (κ2) is 5.07. The fourth-order valence-electron chi connectivity index (χ4n) is 0.915. The Kier molecular flexibility index (Phi) is 3.73. The highest BCUT2D eigenvalue weighted by Crippen LogP contribution is 2.13. The molecule has 0 saturated carbocycles. The average Bonchev–Trinajstić information content (AvgIpc) is 2.19. The largest absolute Gasteiger partial charge is 0.513 e. The summed E-state index contributed by atoms with van der Waals surface area (Å²) >= 11 is 0. The van der Waals surface area contributed by atoms with Gasteiger partial charge in [0.15, 0.2) is 0 Å². The van der Waals surface area contributed by atoms with Crippen LogP contribution in [0.15, 0.2) is 30.8 Å². The van der Waals surface area contributed by atoms with Crippen LogP contribution in [0.25, 0.3) is 6.08 Å². The molecule has 0 spiro atoms. The van der Waals surface area contributed by atoms with Gasteiger partial charge in [-0.3, -0.25) is 0 Å². The lowest BCUT2D eigenvalue weighted by molar-refractivity contribution is 0.104. The van der Waals surface area contributed by atoms with Gasteiger partial charge in [0.1, 0.15) is 5.75 Å². The minimum absolute atomic E-state index is 0.309. The molecule has 0 N–H and O–H groups in total. The Balaban J connectivity index is 2.59. The lowest BCUT2D eigenvalue weighted by atomic mass is 10.2. The topological polar surface area (TPSA) is 35.5 Å². The van der Waals surface area contributed by atoms with Gasteiger partial charge in [0.25, 0.3) is 0 Å². The van der Waals surface area contributed by atoms with Gasteiger partial charge in [-0.05, 0) is 24.6 Å². The van der Waals surface area contributed by atoms with Gasteiger partial charge in [-0.25, -0.2) is 4.79 Å². The first-order valence-electron chi connectivity index (χ1n) is 4.33. The molecule has 1 aromatic carbocycles. The van der Waals surface area contributed by atoms with Crippen LogP contribution in [0.5, 0.6) is 5.75 Å². The van der Waals surface area contributed by atoms with Crippen LogP contribution in [-0.2, 0) is 4.74 Å². The van der Waals surface area contributed by atoms with Crippen LogP contribution in [0.4, 0.5) is 4.79 Å². The van der Waals surface area contributed by atoms with Gasteiger partial charge in [-0.15, -0.1) is 0 Å². The first-order valence-corrected chi connectivity index (χ1v) is 4.33. The molecule has 0 bridgehead atoms. The van der Waals surface area contributed by atoms with Gasteiger partial charge in [0, 0.05) is 0 Å². The van der Waals surface area contributed by atoms with Crippen LogP contribution in [0, 0.1) is 0 Å². The minimum Gasteiger partial charge on any atom is -0.434 e. The molecule has 1 rings (SSSR count). The summed E-state index contributed by atoms with van der Waals surface area (Å²) in [6, 6.07) is 6.99. The van der Waals surface area contributed by atoms with E-state index in [9.17, 15) is 4.79 Å². The van der Waals surface area contributed by atoms with Crippen molar-refractivity contribution in [1.82, 2.24) is 0 Å². The first kappa shape index (κ1) is 10.3. The standard InChI is InChI=1S/C11H12O3/c1-3-9-5-7-10(8-6-9)14-11(12)13-4-2/h3,5-8H,1,4H2,2H3. The van der Waals surface area contributed by atoms with E-state index in [1.807, 2.05) is 12.1 Å². The highest BCUT2D eigenvalue weighted by molar-refractivity contribution is 5.64. The summed E-state index contributed by atoms with van der Waals surface area (Å²) in [5, 5.41) is 0. The third kappa shape index (κ3) is 2.94. The summed E-state index contributed by atoms with van der Waals surface area (Å²) in [4.78, 5) is 10.9. The molecule has 14 heavy (non-hydrogen) atoms. The highest BCUT2D eigenvalue weighted by atomic mass is 16.7. The molecule has 3 heteroatoms. The summed E-state index contributed by atoms with van der Waals surface area (Å²) in [5.74, 6) is 0.467. The molecule has 0 aliphatic rings. The van der Waals surface area contributed by atoms with Gasteiger partial charge in [-0.2, -0.15) is 0 Å². The third-order valence-electron chi connectivity index (χ3n) is 1.58. The van der Waals surface area contributed by atoms with Gasteiger partial charge in [-0.1, -0.05) is 24.8 Å². The summed E-state index contributed by atoms with van der Waals surface area (Å²) in [5.41, 5.74) is 0.973. The van der Waals surface area contributed by atoms with Crippen LogP contribution in [0.3, 0.4) is 0 Å². The molecule has 1 aromatic rings. The molecule has 0 aromatic heterocycles. The SMILES string of the molecule is C=Cc1ccc(OC(=O)OCC)cc1. The Labute approximate surface area is 83.0 Å². The smallest absolute Gasteiger partial charge is 0.434 e. The van der Waals surface area contributed by atoms with E-state index in [0.717, 1.165) is 5.56 Å². The quantitative estimate of drug-likeness (QED) is 0.545. The molecule has 0 heterocycles. The van der Waals surface area contributed by atoms with Crippen molar-refractivity contribution in [2.45, 2.75) is 6.92 Å². The molecule has 0 fully saturated rings. The molecule has 3 nitrogen and oxygen atoms in total. The van der Waals surface area contributed by atoms with E-state index in [0.29, 0.717) is 12.4 Å². The van der Waals surface area contributed by atoms with Gasteiger partial charge in [0.05, 0.1) is 6.61 Å². The van der Waals surface area contributed by atoms with Crippen molar-refractivity contribution < 1.29 is 14.3 Å². The average molecular weight is 192 g/mol. The highest BCUT2D eigenvalue weighted by Gasteiger charge is 2.03. The summed E-state index contributed by atoms with van der Waals surface area (Å²) in [6.45, 7) is 5.65. The van der Waals surface area contributed by atoms with Crippen LogP contribution in [0.1, 0.15) is 12.5 Å². The normalized spacial score (nSPS) is 9.21. The Morgan fingerprint density at radius 1 is 1.43 bits per heavy atom.